The standard InChI is InChI=1S/C19H15N3O3S2/c23-18(20-10-13-11-22-5-8-26-19(22)21-13)17-4-3-16(27-17)12-1-2-14-15(9-12)25-7-6-24-14/h1-5,8-9,11H,6-7,10H2,(H,20,23). The third kappa shape index (κ3) is 3.17. The topological polar surface area (TPSA) is 64.9 Å². The summed E-state index contributed by atoms with van der Waals surface area (Å²) in [5.41, 5.74) is 1.86. The predicted octanol–water partition coefficient (Wildman–Crippen LogP) is 3.83. The van der Waals surface area contributed by atoms with Gasteiger partial charge in [-0.25, -0.2) is 4.98 Å². The number of hydrogen-bond acceptors (Lipinski definition) is 6. The van der Waals surface area contributed by atoms with Gasteiger partial charge in [0.2, 0.25) is 0 Å². The van der Waals surface area contributed by atoms with E-state index < -0.39 is 0 Å². The molecule has 1 aliphatic rings. The Morgan fingerprint density at radius 2 is 2.07 bits per heavy atom. The van der Waals surface area contributed by atoms with Gasteiger partial charge in [0.25, 0.3) is 5.91 Å². The van der Waals surface area contributed by atoms with Gasteiger partial charge in [0.1, 0.15) is 13.2 Å². The van der Waals surface area contributed by atoms with Gasteiger partial charge in [-0.3, -0.25) is 9.20 Å². The van der Waals surface area contributed by atoms with Gasteiger partial charge >= 0.3 is 0 Å². The molecule has 8 heteroatoms. The van der Waals surface area contributed by atoms with Gasteiger partial charge in [-0.2, -0.15) is 0 Å². The summed E-state index contributed by atoms with van der Waals surface area (Å²) in [7, 11) is 0. The third-order valence-electron chi connectivity index (χ3n) is 4.23. The Bertz CT molecular complexity index is 1100. The van der Waals surface area contributed by atoms with E-state index in [9.17, 15) is 4.79 Å². The summed E-state index contributed by atoms with van der Waals surface area (Å²) < 4.78 is 13.1. The number of aromatic nitrogens is 2. The maximum atomic E-state index is 12.5. The molecule has 0 saturated carbocycles. The normalized spacial score (nSPS) is 13.0. The Balaban J connectivity index is 1.29. The zero-order valence-electron chi connectivity index (χ0n) is 14.2. The Morgan fingerprint density at radius 3 is 2.96 bits per heavy atom. The molecule has 4 aromatic rings. The van der Waals surface area contributed by atoms with Crippen LogP contribution in [0.4, 0.5) is 0 Å². The summed E-state index contributed by atoms with van der Waals surface area (Å²) >= 11 is 3.03. The molecule has 0 radical (unpaired) electrons. The number of ether oxygens (including phenoxy) is 2. The van der Waals surface area contributed by atoms with E-state index in [0.717, 1.165) is 32.6 Å². The number of nitrogens with one attached hydrogen (secondary N) is 1. The van der Waals surface area contributed by atoms with Gasteiger partial charge < -0.3 is 14.8 Å². The number of rotatable bonds is 4. The number of carbonyl (C=O) groups excluding carboxylic acids is 1. The first kappa shape index (κ1) is 16.3. The molecule has 6 nitrogen and oxygen atoms in total. The highest BCUT2D eigenvalue weighted by atomic mass is 32.1. The van der Waals surface area contributed by atoms with Crippen molar-refractivity contribution in [1.82, 2.24) is 14.7 Å². The molecule has 5 rings (SSSR count). The summed E-state index contributed by atoms with van der Waals surface area (Å²) in [6.07, 6.45) is 3.89. The Labute approximate surface area is 163 Å². The van der Waals surface area contributed by atoms with E-state index in [0.29, 0.717) is 24.6 Å². The Morgan fingerprint density at radius 1 is 1.19 bits per heavy atom. The second-order valence-electron chi connectivity index (χ2n) is 6.03. The lowest BCUT2D eigenvalue weighted by Crippen LogP contribution is -2.21. The first-order valence-corrected chi connectivity index (χ1v) is 10.1. The fourth-order valence-corrected chi connectivity index (χ4v) is 4.57. The molecule has 1 aliphatic heterocycles. The van der Waals surface area contributed by atoms with Crippen molar-refractivity contribution in [3.63, 3.8) is 0 Å². The average molecular weight is 397 g/mol. The van der Waals surface area contributed by atoms with Crippen molar-refractivity contribution in [1.29, 1.82) is 0 Å². The van der Waals surface area contributed by atoms with E-state index in [4.69, 9.17) is 9.47 Å². The van der Waals surface area contributed by atoms with E-state index in [2.05, 4.69) is 10.3 Å². The molecule has 0 bridgehead atoms. The van der Waals surface area contributed by atoms with E-state index in [1.807, 2.05) is 52.5 Å². The molecule has 1 aromatic carbocycles. The van der Waals surface area contributed by atoms with E-state index in [1.54, 1.807) is 11.3 Å². The van der Waals surface area contributed by atoms with Crippen LogP contribution in [0.5, 0.6) is 11.5 Å². The van der Waals surface area contributed by atoms with Gasteiger partial charge in [-0.15, -0.1) is 22.7 Å². The smallest absolute Gasteiger partial charge is 0.261 e. The molecule has 1 N–H and O–H groups in total. The molecule has 0 spiro atoms. The fourth-order valence-electron chi connectivity index (χ4n) is 2.93. The zero-order valence-corrected chi connectivity index (χ0v) is 15.8. The van der Waals surface area contributed by atoms with Crippen LogP contribution in [-0.2, 0) is 6.54 Å². The van der Waals surface area contributed by atoms with Crippen molar-refractivity contribution in [3.8, 4) is 21.9 Å². The van der Waals surface area contributed by atoms with E-state index in [1.165, 1.54) is 11.3 Å². The largest absolute Gasteiger partial charge is 0.486 e. The van der Waals surface area contributed by atoms with Crippen molar-refractivity contribution in [3.05, 3.63) is 58.7 Å². The minimum absolute atomic E-state index is 0.0971. The SMILES string of the molecule is O=C(NCc1cn2ccsc2n1)c1ccc(-c2ccc3c(c2)OCCO3)s1. The summed E-state index contributed by atoms with van der Waals surface area (Å²) in [6.45, 7) is 1.54. The van der Waals surface area contributed by atoms with E-state index in [-0.39, 0.29) is 5.91 Å². The number of nitrogens with zero attached hydrogens (tertiary/aromatic N) is 2. The summed E-state index contributed by atoms with van der Waals surface area (Å²) in [6, 6.07) is 9.65. The zero-order chi connectivity index (χ0) is 18.2. The Hall–Kier alpha value is -2.84. The van der Waals surface area contributed by atoms with Crippen molar-refractivity contribution >= 4 is 33.5 Å². The molecular formula is C19H15N3O3S2. The molecule has 0 aliphatic carbocycles. The fraction of sp³-hybridized carbons (Fsp3) is 0.158. The molecule has 4 heterocycles. The highest BCUT2D eigenvalue weighted by Gasteiger charge is 2.15. The van der Waals surface area contributed by atoms with Crippen LogP contribution in [-0.4, -0.2) is 28.5 Å². The number of imidazole rings is 1. The minimum Gasteiger partial charge on any atom is -0.486 e. The molecular weight excluding hydrogens is 382 g/mol. The second kappa shape index (κ2) is 6.71. The predicted molar refractivity (Wildman–Crippen MR) is 105 cm³/mol. The highest BCUT2D eigenvalue weighted by Crippen LogP contribution is 2.36. The third-order valence-corrected chi connectivity index (χ3v) is 6.13. The van der Waals surface area contributed by atoms with Gasteiger partial charge in [0.15, 0.2) is 16.5 Å². The van der Waals surface area contributed by atoms with Gasteiger partial charge in [-0.05, 0) is 35.9 Å². The van der Waals surface area contributed by atoms with Crippen molar-refractivity contribution in [2.75, 3.05) is 13.2 Å². The number of carbonyl (C=O) groups is 1. The summed E-state index contributed by atoms with van der Waals surface area (Å²) in [5, 5.41) is 4.92. The van der Waals surface area contributed by atoms with E-state index >= 15 is 0 Å². The van der Waals surface area contributed by atoms with Gasteiger partial charge in [-0.1, -0.05) is 0 Å². The number of hydrogen-bond donors (Lipinski definition) is 1. The monoisotopic (exact) mass is 397 g/mol. The molecule has 27 heavy (non-hydrogen) atoms. The Kier molecular flexibility index (Phi) is 4.06. The van der Waals surface area contributed by atoms with Crippen LogP contribution in [0.2, 0.25) is 0 Å². The molecule has 3 aromatic heterocycles. The highest BCUT2D eigenvalue weighted by molar-refractivity contribution is 7.17. The average Bonchev–Trinajstić information content (AvgIpc) is 3.41. The van der Waals surface area contributed by atoms with Crippen molar-refractivity contribution < 1.29 is 14.3 Å². The number of fused-ring (bicyclic) bond motifs is 2. The number of thiazole rings is 1. The lowest BCUT2D eigenvalue weighted by atomic mass is 10.1. The number of amides is 1. The maximum Gasteiger partial charge on any atom is 0.261 e. The van der Waals surface area contributed by atoms with Crippen molar-refractivity contribution in [2.45, 2.75) is 6.54 Å². The van der Waals surface area contributed by atoms with Crippen LogP contribution < -0.4 is 14.8 Å². The number of thiophene rings is 1. The number of benzene rings is 1. The molecule has 0 fully saturated rings. The lowest BCUT2D eigenvalue weighted by molar-refractivity contribution is 0.0954. The van der Waals surface area contributed by atoms with Crippen molar-refractivity contribution in [2.24, 2.45) is 0 Å². The summed E-state index contributed by atoms with van der Waals surface area (Å²) in [4.78, 5) is 19.6. The van der Waals surface area contributed by atoms with Gasteiger partial charge in [0.05, 0.1) is 17.1 Å². The second-order valence-corrected chi connectivity index (χ2v) is 7.99. The van der Waals surface area contributed by atoms with Crippen LogP contribution in [0.3, 0.4) is 0 Å². The van der Waals surface area contributed by atoms with Gasteiger partial charge in [0, 0.05) is 22.7 Å². The maximum absolute atomic E-state index is 12.5. The molecule has 0 saturated heterocycles. The van der Waals surface area contributed by atoms with Crippen LogP contribution in [0.25, 0.3) is 15.4 Å². The first-order valence-electron chi connectivity index (χ1n) is 8.45. The van der Waals surface area contributed by atoms with Crippen LogP contribution in [0, 0.1) is 0 Å². The first-order chi connectivity index (χ1) is 13.3. The molecule has 1 amide bonds. The van der Waals surface area contributed by atoms with Crippen LogP contribution >= 0.6 is 22.7 Å². The van der Waals surface area contributed by atoms with Crippen LogP contribution in [0.15, 0.2) is 48.1 Å². The minimum atomic E-state index is -0.0971. The lowest BCUT2D eigenvalue weighted by Gasteiger charge is -2.18. The molecule has 0 unspecified atom stereocenters. The summed E-state index contributed by atoms with van der Waals surface area (Å²) in [5.74, 6) is 1.41. The van der Waals surface area contributed by atoms with Crippen LogP contribution in [0.1, 0.15) is 15.4 Å². The molecule has 136 valence electrons. The quantitative estimate of drug-likeness (QED) is 0.569. The molecule has 0 atom stereocenters.